The van der Waals surface area contributed by atoms with Gasteiger partial charge in [0.25, 0.3) is 0 Å². The van der Waals surface area contributed by atoms with Crippen molar-refractivity contribution in [3.8, 4) is 11.4 Å². The molecule has 0 bridgehead atoms. The van der Waals surface area contributed by atoms with E-state index < -0.39 is 0 Å². The fourth-order valence-corrected chi connectivity index (χ4v) is 1.81. The van der Waals surface area contributed by atoms with Gasteiger partial charge in [0.05, 0.1) is 5.69 Å². The van der Waals surface area contributed by atoms with E-state index in [1.807, 2.05) is 24.3 Å². The zero-order chi connectivity index (χ0) is 11.7. The zero-order valence-corrected chi connectivity index (χ0v) is 9.91. The molecule has 0 aliphatic rings. The van der Waals surface area contributed by atoms with Gasteiger partial charge >= 0.3 is 0 Å². The molecule has 1 heterocycles. The molecule has 0 aliphatic carbocycles. The first kappa shape index (κ1) is 10.7. The van der Waals surface area contributed by atoms with Crippen molar-refractivity contribution in [2.45, 2.75) is 26.7 Å². The summed E-state index contributed by atoms with van der Waals surface area (Å²) >= 11 is 0. The van der Waals surface area contributed by atoms with E-state index >= 15 is 0 Å². The maximum absolute atomic E-state index is 5.66. The SMILES string of the molecule is Cc1[nH]c(-c2ccc(N)cc2)nc1C(C)C. The van der Waals surface area contributed by atoms with Gasteiger partial charge in [-0.3, -0.25) is 0 Å². The third-order valence-corrected chi connectivity index (χ3v) is 2.65. The quantitative estimate of drug-likeness (QED) is 0.756. The van der Waals surface area contributed by atoms with Crippen molar-refractivity contribution < 1.29 is 0 Å². The van der Waals surface area contributed by atoms with Crippen LogP contribution in [0.25, 0.3) is 11.4 Å². The molecule has 0 radical (unpaired) electrons. The van der Waals surface area contributed by atoms with Crippen LogP contribution in [-0.4, -0.2) is 9.97 Å². The number of hydrogen-bond acceptors (Lipinski definition) is 2. The standard InChI is InChI=1S/C13H17N3/c1-8(2)12-9(3)15-13(16-12)10-4-6-11(14)7-5-10/h4-8H,14H2,1-3H3,(H,15,16). The van der Waals surface area contributed by atoms with E-state index in [0.717, 1.165) is 28.5 Å². The summed E-state index contributed by atoms with van der Waals surface area (Å²) in [5.41, 5.74) is 9.78. The number of anilines is 1. The summed E-state index contributed by atoms with van der Waals surface area (Å²) in [6.07, 6.45) is 0. The molecule has 0 fully saturated rings. The van der Waals surface area contributed by atoms with Gasteiger partial charge in [-0.1, -0.05) is 13.8 Å². The van der Waals surface area contributed by atoms with Gasteiger partial charge in [-0.05, 0) is 37.1 Å². The summed E-state index contributed by atoms with van der Waals surface area (Å²) in [6, 6.07) is 7.75. The minimum Gasteiger partial charge on any atom is -0.399 e. The van der Waals surface area contributed by atoms with Crippen LogP contribution >= 0.6 is 0 Å². The van der Waals surface area contributed by atoms with Gasteiger partial charge in [0.2, 0.25) is 0 Å². The molecule has 0 aliphatic heterocycles. The number of aromatic nitrogens is 2. The van der Waals surface area contributed by atoms with Crippen LogP contribution in [0.1, 0.15) is 31.2 Å². The zero-order valence-electron chi connectivity index (χ0n) is 9.91. The Balaban J connectivity index is 2.41. The molecule has 3 nitrogen and oxygen atoms in total. The van der Waals surface area contributed by atoms with E-state index in [4.69, 9.17) is 5.73 Å². The molecular weight excluding hydrogens is 198 g/mol. The van der Waals surface area contributed by atoms with E-state index in [-0.39, 0.29) is 0 Å². The number of rotatable bonds is 2. The molecule has 2 aromatic rings. The van der Waals surface area contributed by atoms with E-state index in [2.05, 4.69) is 30.7 Å². The van der Waals surface area contributed by atoms with Crippen LogP contribution in [0.15, 0.2) is 24.3 Å². The molecule has 1 aromatic heterocycles. The number of H-pyrrole nitrogens is 1. The van der Waals surface area contributed by atoms with Gasteiger partial charge in [-0.2, -0.15) is 0 Å². The first-order valence-corrected chi connectivity index (χ1v) is 5.50. The molecule has 0 saturated heterocycles. The predicted molar refractivity (Wildman–Crippen MR) is 67.3 cm³/mol. The fraction of sp³-hybridized carbons (Fsp3) is 0.308. The summed E-state index contributed by atoms with van der Waals surface area (Å²) < 4.78 is 0. The number of nitrogens with zero attached hydrogens (tertiary/aromatic N) is 1. The molecule has 0 saturated carbocycles. The highest BCUT2D eigenvalue weighted by Gasteiger charge is 2.10. The second-order valence-electron chi connectivity index (χ2n) is 4.37. The van der Waals surface area contributed by atoms with Crippen LogP contribution in [0.2, 0.25) is 0 Å². The number of imidazole rings is 1. The number of nitrogens with two attached hydrogens (primary N) is 1. The van der Waals surface area contributed by atoms with Gasteiger partial charge in [0, 0.05) is 16.9 Å². The highest BCUT2D eigenvalue weighted by molar-refractivity contribution is 5.59. The normalized spacial score (nSPS) is 11.0. The van der Waals surface area contributed by atoms with Crippen LogP contribution in [0, 0.1) is 6.92 Å². The number of nitrogens with one attached hydrogen (secondary N) is 1. The molecule has 3 heteroatoms. The third-order valence-electron chi connectivity index (χ3n) is 2.65. The van der Waals surface area contributed by atoms with E-state index in [9.17, 15) is 0 Å². The smallest absolute Gasteiger partial charge is 0.137 e. The predicted octanol–water partition coefficient (Wildman–Crippen LogP) is 3.09. The minimum absolute atomic E-state index is 0.443. The molecule has 2 rings (SSSR count). The Labute approximate surface area is 95.7 Å². The molecule has 0 atom stereocenters. The summed E-state index contributed by atoms with van der Waals surface area (Å²) in [6.45, 7) is 6.36. The van der Waals surface area contributed by atoms with Crippen molar-refractivity contribution in [1.82, 2.24) is 9.97 Å². The Kier molecular flexibility index (Phi) is 2.69. The van der Waals surface area contributed by atoms with Gasteiger partial charge in [-0.15, -0.1) is 0 Å². The van der Waals surface area contributed by atoms with E-state index in [1.54, 1.807) is 0 Å². The van der Waals surface area contributed by atoms with Crippen LogP contribution < -0.4 is 5.73 Å². The van der Waals surface area contributed by atoms with Crippen molar-refractivity contribution in [2.24, 2.45) is 0 Å². The van der Waals surface area contributed by atoms with Crippen molar-refractivity contribution in [3.63, 3.8) is 0 Å². The second-order valence-corrected chi connectivity index (χ2v) is 4.37. The van der Waals surface area contributed by atoms with Crippen molar-refractivity contribution in [1.29, 1.82) is 0 Å². The summed E-state index contributed by atoms with van der Waals surface area (Å²) in [7, 11) is 0. The molecule has 3 N–H and O–H groups in total. The first-order chi connectivity index (χ1) is 7.58. The van der Waals surface area contributed by atoms with Crippen LogP contribution in [0.3, 0.4) is 0 Å². The second kappa shape index (κ2) is 4.00. The number of benzene rings is 1. The Hall–Kier alpha value is -1.77. The number of nitrogen functional groups attached to an aromatic ring is 1. The van der Waals surface area contributed by atoms with Gasteiger partial charge < -0.3 is 10.7 Å². The lowest BCUT2D eigenvalue weighted by Gasteiger charge is -1.99. The Morgan fingerprint density at radius 2 is 1.81 bits per heavy atom. The largest absolute Gasteiger partial charge is 0.399 e. The lowest BCUT2D eigenvalue weighted by molar-refractivity contribution is 0.823. The Morgan fingerprint density at radius 1 is 1.19 bits per heavy atom. The lowest BCUT2D eigenvalue weighted by atomic mass is 10.1. The Bertz CT molecular complexity index is 480. The molecule has 0 unspecified atom stereocenters. The lowest BCUT2D eigenvalue weighted by Crippen LogP contribution is -1.90. The van der Waals surface area contributed by atoms with Crippen LogP contribution in [-0.2, 0) is 0 Å². The molecule has 0 spiro atoms. The van der Waals surface area contributed by atoms with Gasteiger partial charge in [-0.25, -0.2) is 4.98 Å². The topological polar surface area (TPSA) is 54.7 Å². The summed E-state index contributed by atoms with van der Waals surface area (Å²) in [5.74, 6) is 1.36. The average Bonchev–Trinajstić information content (AvgIpc) is 2.61. The average molecular weight is 215 g/mol. The highest BCUT2D eigenvalue weighted by atomic mass is 14.9. The highest BCUT2D eigenvalue weighted by Crippen LogP contribution is 2.23. The molecule has 84 valence electrons. The third kappa shape index (κ3) is 1.94. The van der Waals surface area contributed by atoms with Crippen LogP contribution in [0.5, 0.6) is 0 Å². The van der Waals surface area contributed by atoms with Crippen molar-refractivity contribution in [3.05, 3.63) is 35.7 Å². The fourth-order valence-electron chi connectivity index (χ4n) is 1.81. The summed E-state index contributed by atoms with van der Waals surface area (Å²) in [5, 5.41) is 0. The number of aromatic amines is 1. The number of hydrogen-bond donors (Lipinski definition) is 2. The molecule has 0 amide bonds. The Morgan fingerprint density at radius 3 is 2.31 bits per heavy atom. The van der Waals surface area contributed by atoms with E-state index in [1.165, 1.54) is 0 Å². The number of aryl methyl sites for hydroxylation is 1. The minimum atomic E-state index is 0.443. The van der Waals surface area contributed by atoms with E-state index in [0.29, 0.717) is 5.92 Å². The monoisotopic (exact) mass is 215 g/mol. The van der Waals surface area contributed by atoms with Crippen molar-refractivity contribution >= 4 is 5.69 Å². The van der Waals surface area contributed by atoms with Gasteiger partial charge in [0.1, 0.15) is 5.82 Å². The van der Waals surface area contributed by atoms with Gasteiger partial charge in [0.15, 0.2) is 0 Å². The molecule has 1 aromatic carbocycles. The maximum Gasteiger partial charge on any atom is 0.137 e. The molecule has 16 heavy (non-hydrogen) atoms. The van der Waals surface area contributed by atoms with Crippen molar-refractivity contribution in [2.75, 3.05) is 5.73 Å². The maximum atomic E-state index is 5.66. The summed E-state index contributed by atoms with van der Waals surface area (Å²) in [4.78, 5) is 7.92. The van der Waals surface area contributed by atoms with Crippen LogP contribution in [0.4, 0.5) is 5.69 Å². The first-order valence-electron chi connectivity index (χ1n) is 5.50. The molecular formula is C13H17N3.